The zero-order valence-electron chi connectivity index (χ0n) is 9.84. The summed E-state index contributed by atoms with van der Waals surface area (Å²) in [4.78, 5) is 1.18. The number of rotatable bonds is 4. The van der Waals surface area contributed by atoms with Gasteiger partial charge in [0.1, 0.15) is 5.82 Å². The van der Waals surface area contributed by atoms with Gasteiger partial charge in [0.2, 0.25) is 0 Å². The van der Waals surface area contributed by atoms with E-state index in [1.54, 1.807) is 36.4 Å². The minimum absolute atomic E-state index is 0.0746. The fourth-order valence-corrected chi connectivity index (χ4v) is 2.88. The molecule has 0 bridgehead atoms. The molecule has 0 heterocycles. The van der Waals surface area contributed by atoms with Gasteiger partial charge < -0.3 is 10.3 Å². The highest BCUT2D eigenvalue weighted by atomic mass is 32.2. The number of benzene rings is 2. The Morgan fingerprint density at radius 3 is 2.58 bits per heavy atom. The quantitative estimate of drug-likeness (QED) is 0.696. The van der Waals surface area contributed by atoms with Crippen molar-refractivity contribution in [3.63, 3.8) is 0 Å². The standard InChI is InChI=1S/C13H12FNO2S2/c14-10-3-1-2-4-12(10)18-13-6-5-9(7-11(13)15)8-19(16)17/h1-7H,8,15H2,(H,16,17)/p-1. The van der Waals surface area contributed by atoms with Gasteiger partial charge in [-0.05, 0) is 29.8 Å². The Balaban J connectivity index is 2.22. The van der Waals surface area contributed by atoms with Crippen molar-refractivity contribution in [2.24, 2.45) is 0 Å². The summed E-state index contributed by atoms with van der Waals surface area (Å²) < 4.78 is 34.7. The highest BCUT2D eigenvalue weighted by Crippen LogP contribution is 2.34. The van der Waals surface area contributed by atoms with Gasteiger partial charge in [-0.2, -0.15) is 0 Å². The zero-order chi connectivity index (χ0) is 13.8. The molecular weight excluding hydrogens is 285 g/mol. The van der Waals surface area contributed by atoms with Gasteiger partial charge in [-0.1, -0.05) is 41.0 Å². The Labute approximate surface area is 117 Å². The normalized spacial score (nSPS) is 12.3. The van der Waals surface area contributed by atoms with E-state index in [0.717, 1.165) is 0 Å². The third-order valence-electron chi connectivity index (χ3n) is 2.42. The minimum Gasteiger partial charge on any atom is -0.772 e. The van der Waals surface area contributed by atoms with E-state index in [0.29, 0.717) is 21.0 Å². The van der Waals surface area contributed by atoms with Crippen molar-refractivity contribution in [1.29, 1.82) is 0 Å². The van der Waals surface area contributed by atoms with Gasteiger partial charge in [0.25, 0.3) is 0 Å². The third-order valence-corrected chi connectivity index (χ3v) is 4.13. The van der Waals surface area contributed by atoms with Crippen LogP contribution in [0.25, 0.3) is 0 Å². The Morgan fingerprint density at radius 1 is 1.21 bits per heavy atom. The largest absolute Gasteiger partial charge is 0.772 e. The van der Waals surface area contributed by atoms with Gasteiger partial charge in [0, 0.05) is 21.2 Å². The lowest BCUT2D eigenvalue weighted by Crippen LogP contribution is -1.96. The van der Waals surface area contributed by atoms with Crippen LogP contribution in [-0.2, 0) is 16.8 Å². The first-order valence-electron chi connectivity index (χ1n) is 5.43. The summed E-state index contributed by atoms with van der Waals surface area (Å²) in [5, 5.41) is 0. The van der Waals surface area contributed by atoms with Gasteiger partial charge >= 0.3 is 0 Å². The lowest BCUT2D eigenvalue weighted by Gasteiger charge is -2.10. The Kier molecular flexibility index (Phi) is 4.57. The molecule has 2 aromatic carbocycles. The van der Waals surface area contributed by atoms with Crippen LogP contribution in [-0.4, -0.2) is 8.76 Å². The number of nitrogens with two attached hydrogens (primary N) is 1. The molecular formula is C13H11FNO2S2-. The minimum atomic E-state index is -2.15. The summed E-state index contributed by atoms with van der Waals surface area (Å²) in [5.74, 6) is -0.383. The molecule has 0 fully saturated rings. The van der Waals surface area contributed by atoms with Crippen molar-refractivity contribution in [3.05, 3.63) is 53.8 Å². The van der Waals surface area contributed by atoms with Gasteiger partial charge in [0.15, 0.2) is 0 Å². The molecule has 0 aliphatic heterocycles. The highest BCUT2D eigenvalue weighted by Gasteiger charge is 2.07. The number of halogens is 1. The second-order valence-corrected chi connectivity index (χ2v) is 5.83. The first-order valence-corrected chi connectivity index (χ1v) is 7.49. The van der Waals surface area contributed by atoms with E-state index in [1.165, 1.54) is 17.8 Å². The monoisotopic (exact) mass is 296 g/mol. The van der Waals surface area contributed by atoms with Crippen molar-refractivity contribution in [3.8, 4) is 0 Å². The predicted octanol–water partition coefficient (Wildman–Crippen LogP) is 2.94. The molecule has 100 valence electrons. The molecule has 0 aromatic heterocycles. The first kappa shape index (κ1) is 14.0. The molecule has 0 saturated carbocycles. The molecule has 0 saturated heterocycles. The average molecular weight is 296 g/mol. The van der Waals surface area contributed by atoms with Crippen LogP contribution in [0.5, 0.6) is 0 Å². The number of hydrogen-bond acceptors (Lipinski definition) is 4. The molecule has 1 atom stereocenters. The molecule has 2 rings (SSSR count). The Bertz CT molecular complexity index is 619. The second-order valence-electron chi connectivity index (χ2n) is 3.85. The molecule has 2 N–H and O–H groups in total. The SMILES string of the molecule is Nc1cc(CS(=O)[O-])ccc1Sc1ccccc1F. The van der Waals surface area contributed by atoms with Crippen LogP contribution in [0.3, 0.4) is 0 Å². The van der Waals surface area contributed by atoms with E-state index in [2.05, 4.69) is 0 Å². The van der Waals surface area contributed by atoms with E-state index in [1.807, 2.05) is 0 Å². The molecule has 0 amide bonds. The number of anilines is 1. The summed E-state index contributed by atoms with van der Waals surface area (Å²) in [6, 6.07) is 11.4. The van der Waals surface area contributed by atoms with Gasteiger partial charge in [-0.3, -0.25) is 4.21 Å². The summed E-state index contributed by atoms with van der Waals surface area (Å²) in [6.45, 7) is 0. The number of nitrogen functional groups attached to an aromatic ring is 1. The molecule has 1 unspecified atom stereocenters. The summed E-state index contributed by atoms with van der Waals surface area (Å²) >= 11 is -0.931. The Hall–Kier alpha value is -1.37. The number of hydrogen-bond donors (Lipinski definition) is 1. The maximum atomic E-state index is 13.5. The van der Waals surface area contributed by atoms with E-state index in [-0.39, 0.29) is 11.6 Å². The van der Waals surface area contributed by atoms with Gasteiger partial charge in [-0.25, -0.2) is 4.39 Å². The van der Waals surface area contributed by atoms with Crippen LogP contribution in [0.4, 0.5) is 10.1 Å². The molecule has 6 heteroatoms. The molecule has 0 spiro atoms. The summed E-state index contributed by atoms with van der Waals surface area (Å²) in [5.41, 5.74) is 6.91. The molecule has 3 nitrogen and oxygen atoms in total. The van der Waals surface area contributed by atoms with Crippen molar-refractivity contribution in [1.82, 2.24) is 0 Å². The molecule has 2 aromatic rings. The van der Waals surface area contributed by atoms with Crippen LogP contribution < -0.4 is 5.73 Å². The van der Waals surface area contributed by atoms with Crippen molar-refractivity contribution in [2.45, 2.75) is 15.5 Å². The third kappa shape index (κ3) is 3.79. The fourth-order valence-electron chi connectivity index (χ4n) is 1.56. The smallest absolute Gasteiger partial charge is 0.137 e. The highest BCUT2D eigenvalue weighted by molar-refractivity contribution is 7.99. The van der Waals surface area contributed by atoms with Crippen LogP contribution in [0.15, 0.2) is 52.3 Å². The fraction of sp³-hybridized carbons (Fsp3) is 0.0769. The van der Waals surface area contributed by atoms with Gasteiger partial charge in [0.05, 0.1) is 0 Å². The molecule has 0 aliphatic rings. The maximum Gasteiger partial charge on any atom is 0.137 e. The summed E-state index contributed by atoms with van der Waals surface area (Å²) in [6.07, 6.45) is 0. The van der Waals surface area contributed by atoms with Crippen LogP contribution in [0.1, 0.15) is 5.56 Å². The summed E-state index contributed by atoms with van der Waals surface area (Å²) in [7, 11) is 0. The van der Waals surface area contributed by atoms with Gasteiger partial charge in [-0.15, -0.1) is 0 Å². The van der Waals surface area contributed by atoms with Crippen molar-refractivity contribution >= 4 is 28.5 Å². The zero-order valence-corrected chi connectivity index (χ0v) is 11.5. The lowest BCUT2D eigenvalue weighted by molar-refractivity contribution is 0.536. The van der Waals surface area contributed by atoms with E-state index < -0.39 is 11.1 Å². The van der Waals surface area contributed by atoms with E-state index in [9.17, 15) is 13.2 Å². The van der Waals surface area contributed by atoms with Crippen LogP contribution in [0, 0.1) is 5.82 Å². The first-order chi connectivity index (χ1) is 9.06. The van der Waals surface area contributed by atoms with Crippen LogP contribution in [0.2, 0.25) is 0 Å². The predicted molar refractivity (Wildman–Crippen MR) is 74.0 cm³/mol. The second kappa shape index (κ2) is 6.18. The van der Waals surface area contributed by atoms with Crippen LogP contribution >= 0.6 is 11.8 Å². The average Bonchev–Trinajstić information content (AvgIpc) is 2.34. The lowest BCUT2D eigenvalue weighted by atomic mass is 10.2. The topological polar surface area (TPSA) is 66.2 Å². The van der Waals surface area contributed by atoms with E-state index >= 15 is 0 Å². The van der Waals surface area contributed by atoms with E-state index in [4.69, 9.17) is 5.73 Å². The molecule has 0 radical (unpaired) electrons. The molecule has 19 heavy (non-hydrogen) atoms. The Morgan fingerprint density at radius 2 is 1.95 bits per heavy atom. The molecule has 0 aliphatic carbocycles. The van der Waals surface area contributed by atoms with Crippen molar-refractivity contribution in [2.75, 3.05) is 5.73 Å². The maximum absolute atomic E-state index is 13.5. The van der Waals surface area contributed by atoms with Crippen molar-refractivity contribution < 1.29 is 13.2 Å².